The van der Waals surface area contributed by atoms with Crippen molar-refractivity contribution in [2.24, 2.45) is 0 Å². The fourth-order valence-corrected chi connectivity index (χ4v) is 5.34. The summed E-state index contributed by atoms with van der Waals surface area (Å²) in [5, 5.41) is 3.47. The van der Waals surface area contributed by atoms with Crippen LogP contribution in [-0.2, 0) is 15.1 Å². The molecule has 0 radical (unpaired) electrons. The minimum Gasteiger partial charge on any atom is -0.381 e. The van der Waals surface area contributed by atoms with E-state index in [4.69, 9.17) is 27.9 Å². The van der Waals surface area contributed by atoms with E-state index in [1.165, 1.54) is 53.2 Å². The number of aromatic nitrogens is 2. The van der Waals surface area contributed by atoms with Crippen molar-refractivity contribution in [1.29, 1.82) is 0 Å². The van der Waals surface area contributed by atoms with Crippen LogP contribution in [0.3, 0.4) is 0 Å². The molecular formula is C26H24Cl2F2N4O3. The molecule has 1 aliphatic heterocycles. The molecule has 1 amide bonds. The van der Waals surface area contributed by atoms with E-state index in [0.717, 1.165) is 12.8 Å². The second-order valence-electron chi connectivity index (χ2n) is 9.34. The summed E-state index contributed by atoms with van der Waals surface area (Å²) in [6, 6.07) is 5.33. The van der Waals surface area contributed by atoms with E-state index in [9.17, 15) is 9.59 Å². The second kappa shape index (κ2) is 10.0. The standard InChI is InChI=1S/C26H24Cl2F2N4O3/c1-37-10-2-3-21(35)33-9-8-26(13-33,22-19(29)7-6-18(27)23(22)28)32-15-11-17-24(20(30)12-15)31-14-34(25(17)36)16-4-5-16/h2-3,6-7,11-12,14,16,32H,4-5,8-10,13H2,1H3/b3-2+/t26-/m1/s1. The topological polar surface area (TPSA) is 76.5 Å². The summed E-state index contributed by atoms with van der Waals surface area (Å²) < 4.78 is 36.9. The van der Waals surface area contributed by atoms with Crippen molar-refractivity contribution in [2.75, 3.05) is 32.1 Å². The Balaban J connectivity index is 1.59. The summed E-state index contributed by atoms with van der Waals surface area (Å²) in [6.45, 7) is 0.567. The quantitative estimate of drug-likeness (QED) is 0.330. The Kier molecular flexibility index (Phi) is 6.95. The van der Waals surface area contributed by atoms with Crippen LogP contribution in [0.15, 0.2) is 47.5 Å². The maximum atomic E-state index is 15.3. The van der Waals surface area contributed by atoms with Crippen LogP contribution in [0.4, 0.5) is 14.5 Å². The summed E-state index contributed by atoms with van der Waals surface area (Å²) in [5.74, 6) is -1.60. The van der Waals surface area contributed by atoms with Crippen molar-refractivity contribution in [3.63, 3.8) is 0 Å². The number of carbonyl (C=O) groups is 1. The zero-order valence-corrected chi connectivity index (χ0v) is 21.5. The third-order valence-electron chi connectivity index (χ3n) is 6.79. The molecule has 1 saturated heterocycles. The highest BCUT2D eigenvalue weighted by molar-refractivity contribution is 6.42. The molecule has 37 heavy (non-hydrogen) atoms. The number of ether oxygens (including phenoxy) is 1. The number of rotatable bonds is 7. The number of anilines is 1. The predicted octanol–water partition coefficient (Wildman–Crippen LogP) is 5.06. The summed E-state index contributed by atoms with van der Waals surface area (Å²) in [5.41, 5.74) is -1.33. The van der Waals surface area contributed by atoms with Gasteiger partial charge in [0.2, 0.25) is 5.91 Å². The lowest BCUT2D eigenvalue weighted by atomic mass is 9.87. The van der Waals surface area contributed by atoms with Gasteiger partial charge in [-0.05, 0) is 43.5 Å². The van der Waals surface area contributed by atoms with Crippen molar-refractivity contribution in [2.45, 2.75) is 30.8 Å². The van der Waals surface area contributed by atoms with E-state index in [0.29, 0.717) is 0 Å². The molecular weight excluding hydrogens is 525 g/mol. The number of carbonyl (C=O) groups excluding carboxylic acids is 1. The molecule has 1 saturated carbocycles. The highest BCUT2D eigenvalue weighted by Crippen LogP contribution is 2.43. The van der Waals surface area contributed by atoms with Gasteiger partial charge >= 0.3 is 0 Å². The number of nitrogens with zero attached hydrogens (tertiary/aromatic N) is 3. The van der Waals surface area contributed by atoms with Gasteiger partial charge < -0.3 is 15.0 Å². The summed E-state index contributed by atoms with van der Waals surface area (Å²) in [6.07, 6.45) is 6.33. The van der Waals surface area contributed by atoms with E-state index < -0.39 is 17.2 Å². The lowest BCUT2D eigenvalue weighted by molar-refractivity contribution is -0.125. The number of amides is 1. The fraction of sp³-hybridized carbons (Fsp3) is 0.346. The summed E-state index contributed by atoms with van der Waals surface area (Å²) >= 11 is 12.7. The van der Waals surface area contributed by atoms with Gasteiger partial charge in [0.15, 0.2) is 5.82 Å². The largest absolute Gasteiger partial charge is 0.381 e. The Morgan fingerprint density at radius 1 is 1.27 bits per heavy atom. The molecule has 2 aliphatic rings. The van der Waals surface area contributed by atoms with E-state index >= 15 is 8.78 Å². The van der Waals surface area contributed by atoms with E-state index in [1.807, 2.05) is 0 Å². The van der Waals surface area contributed by atoms with E-state index in [2.05, 4.69) is 10.3 Å². The first-order chi connectivity index (χ1) is 17.7. The van der Waals surface area contributed by atoms with Crippen LogP contribution in [0.2, 0.25) is 10.0 Å². The van der Waals surface area contributed by atoms with Crippen molar-refractivity contribution in [3.05, 3.63) is 80.3 Å². The Bertz CT molecular complexity index is 1470. The van der Waals surface area contributed by atoms with Crippen LogP contribution in [0.25, 0.3) is 10.9 Å². The van der Waals surface area contributed by atoms with Gasteiger partial charge in [-0.15, -0.1) is 0 Å². The third-order valence-corrected chi connectivity index (χ3v) is 7.59. The summed E-state index contributed by atoms with van der Waals surface area (Å²) in [7, 11) is 1.52. The van der Waals surface area contributed by atoms with Crippen molar-refractivity contribution < 1.29 is 18.3 Å². The molecule has 1 aromatic heterocycles. The molecule has 5 rings (SSSR count). The Labute approximate surface area is 221 Å². The molecule has 3 aromatic rings. The predicted molar refractivity (Wildman–Crippen MR) is 138 cm³/mol. The number of hydrogen-bond acceptors (Lipinski definition) is 5. The van der Waals surface area contributed by atoms with Crippen LogP contribution in [0.5, 0.6) is 0 Å². The smallest absolute Gasteiger partial charge is 0.261 e. The molecule has 0 bridgehead atoms. The van der Waals surface area contributed by atoms with Gasteiger partial charge in [-0.2, -0.15) is 0 Å². The first kappa shape index (κ1) is 25.6. The molecule has 11 heteroatoms. The van der Waals surface area contributed by atoms with E-state index in [1.54, 1.807) is 6.08 Å². The van der Waals surface area contributed by atoms with Crippen LogP contribution in [0, 0.1) is 11.6 Å². The average molecular weight is 549 g/mol. The van der Waals surface area contributed by atoms with Gasteiger partial charge in [-0.1, -0.05) is 29.3 Å². The molecule has 2 aromatic carbocycles. The van der Waals surface area contributed by atoms with Gasteiger partial charge in [0, 0.05) is 43.6 Å². The SMILES string of the molecule is COC/C=C/C(=O)N1CC[C@](Nc2cc(F)c3ncn(C4CC4)c(=O)c3c2)(c2c(F)ccc(Cl)c2Cl)C1. The molecule has 0 spiro atoms. The minimum absolute atomic E-state index is 0.00240. The zero-order valence-electron chi connectivity index (χ0n) is 19.9. The van der Waals surface area contributed by atoms with Crippen molar-refractivity contribution in [1.82, 2.24) is 14.5 Å². The lowest BCUT2D eigenvalue weighted by Crippen LogP contribution is -2.41. The summed E-state index contributed by atoms with van der Waals surface area (Å²) in [4.78, 5) is 31.6. The highest BCUT2D eigenvalue weighted by Gasteiger charge is 2.44. The van der Waals surface area contributed by atoms with Crippen LogP contribution in [-0.4, -0.2) is 47.2 Å². The average Bonchev–Trinajstić information content (AvgIpc) is 3.62. The monoisotopic (exact) mass is 548 g/mol. The van der Waals surface area contributed by atoms with Gasteiger partial charge in [-0.3, -0.25) is 14.2 Å². The number of halogens is 4. The molecule has 1 N–H and O–H groups in total. The van der Waals surface area contributed by atoms with E-state index in [-0.39, 0.29) is 75.8 Å². The first-order valence-corrected chi connectivity index (χ1v) is 12.6. The van der Waals surface area contributed by atoms with Crippen molar-refractivity contribution >= 4 is 45.7 Å². The molecule has 1 atom stereocenters. The Hall–Kier alpha value is -3.01. The van der Waals surface area contributed by atoms with Crippen LogP contribution >= 0.6 is 23.2 Å². The minimum atomic E-state index is -1.24. The number of benzene rings is 2. The van der Waals surface area contributed by atoms with Gasteiger partial charge in [0.1, 0.15) is 11.3 Å². The van der Waals surface area contributed by atoms with Crippen LogP contribution < -0.4 is 10.9 Å². The number of nitrogens with one attached hydrogen (secondary N) is 1. The molecule has 194 valence electrons. The molecule has 1 aliphatic carbocycles. The first-order valence-electron chi connectivity index (χ1n) is 11.8. The number of methoxy groups -OCH3 is 1. The third kappa shape index (κ3) is 4.83. The fourth-order valence-electron chi connectivity index (χ4n) is 4.85. The zero-order chi connectivity index (χ0) is 26.3. The number of likely N-dealkylation sites (tertiary alicyclic amines) is 1. The maximum Gasteiger partial charge on any atom is 0.261 e. The number of fused-ring (bicyclic) bond motifs is 1. The molecule has 0 unspecified atom stereocenters. The van der Waals surface area contributed by atoms with Gasteiger partial charge in [0.05, 0.1) is 33.9 Å². The molecule has 2 heterocycles. The normalized spacial score (nSPS) is 19.8. The van der Waals surface area contributed by atoms with Gasteiger partial charge in [0.25, 0.3) is 5.56 Å². The second-order valence-corrected chi connectivity index (χ2v) is 10.1. The highest BCUT2D eigenvalue weighted by atomic mass is 35.5. The van der Waals surface area contributed by atoms with Crippen LogP contribution in [0.1, 0.15) is 30.9 Å². The Morgan fingerprint density at radius 2 is 2.05 bits per heavy atom. The van der Waals surface area contributed by atoms with Crippen molar-refractivity contribution in [3.8, 4) is 0 Å². The molecule has 2 fully saturated rings. The maximum absolute atomic E-state index is 15.3. The lowest BCUT2D eigenvalue weighted by Gasteiger charge is -2.33. The molecule has 7 nitrogen and oxygen atoms in total. The number of hydrogen-bond donors (Lipinski definition) is 1. The Morgan fingerprint density at radius 3 is 2.78 bits per heavy atom. The van der Waals surface area contributed by atoms with Gasteiger partial charge in [-0.25, -0.2) is 13.8 Å².